The third kappa shape index (κ3) is 8.53. The van der Waals surface area contributed by atoms with Crippen molar-refractivity contribution in [2.45, 2.75) is 13.1 Å². The zero-order valence-corrected chi connectivity index (χ0v) is 35.6. The van der Waals surface area contributed by atoms with Gasteiger partial charge in [-0.1, -0.05) is 133 Å². The maximum atomic E-state index is 13.5. The molecular formula is C55H34F3IrN3-2. The number of aryl methyl sites for hydroxylation is 1. The molecule has 0 aliphatic carbocycles. The van der Waals surface area contributed by atoms with Crippen molar-refractivity contribution in [1.29, 1.82) is 0 Å². The Labute approximate surface area is 372 Å². The smallest absolute Gasteiger partial charge is 0.304 e. The number of aromatic nitrogens is 2. The molecule has 9 aromatic rings. The molecule has 0 N–H and O–H groups in total. The average Bonchev–Trinajstić information content (AvgIpc) is 3.31. The Hall–Kier alpha value is -7.23. The molecule has 0 amide bonds. The minimum atomic E-state index is -4.64. The summed E-state index contributed by atoms with van der Waals surface area (Å²) in [6, 6.07) is 63.9. The Morgan fingerprint density at radius 2 is 1.06 bits per heavy atom. The summed E-state index contributed by atoms with van der Waals surface area (Å²) in [6.45, 7) is 9.41. The molecule has 7 aromatic carbocycles. The van der Waals surface area contributed by atoms with E-state index in [9.17, 15) is 13.2 Å². The van der Waals surface area contributed by atoms with Gasteiger partial charge in [0.15, 0.2) is 0 Å². The van der Waals surface area contributed by atoms with Crippen LogP contribution in [-0.2, 0) is 26.3 Å². The van der Waals surface area contributed by atoms with E-state index in [4.69, 9.17) is 11.6 Å². The fourth-order valence-corrected chi connectivity index (χ4v) is 7.79. The summed E-state index contributed by atoms with van der Waals surface area (Å²) < 4.78 is 40.4. The Balaban J connectivity index is 0.00000529. The molecule has 0 atom stereocenters. The number of benzene rings is 7. The summed E-state index contributed by atoms with van der Waals surface area (Å²) in [7, 11) is 0. The largest absolute Gasteiger partial charge is 0.373 e. The summed E-state index contributed by atoms with van der Waals surface area (Å²) in [4.78, 5) is 12.7. The number of halogens is 3. The van der Waals surface area contributed by atoms with Gasteiger partial charge < -0.3 is 9.97 Å². The Morgan fingerprint density at radius 3 is 1.69 bits per heavy atom. The zero-order valence-electron chi connectivity index (χ0n) is 33.2. The molecule has 9 rings (SSSR count). The van der Waals surface area contributed by atoms with E-state index in [1.807, 2.05) is 60.8 Å². The second kappa shape index (κ2) is 17.8. The van der Waals surface area contributed by atoms with Gasteiger partial charge in [-0.25, -0.2) is 0 Å². The van der Waals surface area contributed by atoms with Crippen molar-refractivity contribution in [3.63, 3.8) is 0 Å². The van der Waals surface area contributed by atoms with Crippen molar-refractivity contribution in [3.8, 4) is 89.3 Å². The second-order valence-corrected chi connectivity index (χ2v) is 14.7. The fourth-order valence-electron chi connectivity index (χ4n) is 7.79. The molecule has 1 radical (unpaired) electrons. The zero-order chi connectivity index (χ0) is 41.9. The van der Waals surface area contributed by atoms with Crippen LogP contribution in [-0.4, -0.2) is 9.97 Å². The molecule has 0 aliphatic heterocycles. The Kier molecular flexibility index (Phi) is 11.9. The molecule has 301 valence electrons. The number of pyridine rings is 2. The number of hydrogen-bond donors (Lipinski definition) is 0. The van der Waals surface area contributed by atoms with Crippen molar-refractivity contribution in [2.75, 3.05) is 0 Å². The van der Waals surface area contributed by atoms with Gasteiger partial charge in [-0.3, -0.25) is 4.85 Å². The molecule has 3 nitrogen and oxygen atoms in total. The van der Waals surface area contributed by atoms with Gasteiger partial charge in [0.2, 0.25) is 0 Å². The first-order chi connectivity index (χ1) is 29.7. The standard InChI is InChI=1S/C55H34F3N3.Ir/c1-36-29-43(46-18-10-9-17-45(46)42-26-28-52(60-34-42)41-25-27-51(55(56,57)58)54(32-41)59-2)31-44(30-36)47-19-11-12-20-48(47)50-35-61-53(40-15-7-4-8-16-40)33-49(50)39-23-21-38(22-24-39)37-13-5-3-6-14-37;/h3-15,17-24,26-35H,1H3;/q-2;. The first kappa shape index (κ1) is 41.5. The molecule has 0 spiro atoms. The number of hydrogen-bond acceptors (Lipinski definition) is 2. The van der Waals surface area contributed by atoms with E-state index in [0.717, 1.165) is 89.6 Å². The molecule has 2 heterocycles. The molecule has 0 aliphatic rings. The number of nitrogens with zero attached hydrogens (tertiary/aromatic N) is 3. The van der Waals surface area contributed by atoms with E-state index in [1.54, 1.807) is 12.3 Å². The summed E-state index contributed by atoms with van der Waals surface area (Å²) in [5.74, 6) is 0. The minimum absolute atomic E-state index is 0. The van der Waals surface area contributed by atoms with Crippen molar-refractivity contribution in [2.24, 2.45) is 0 Å². The van der Waals surface area contributed by atoms with Gasteiger partial charge in [0, 0.05) is 38.1 Å². The molecule has 0 saturated carbocycles. The molecule has 0 saturated heterocycles. The summed E-state index contributed by atoms with van der Waals surface area (Å²) >= 11 is 0. The predicted molar refractivity (Wildman–Crippen MR) is 239 cm³/mol. The van der Waals surface area contributed by atoms with E-state index in [0.29, 0.717) is 11.3 Å². The summed E-state index contributed by atoms with van der Waals surface area (Å²) in [5, 5.41) is 0. The summed E-state index contributed by atoms with van der Waals surface area (Å²) in [5.41, 5.74) is 14.5. The van der Waals surface area contributed by atoms with Gasteiger partial charge in [0.25, 0.3) is 0 Å². The van der Waals surface area contributed by atoms with Gasteiger partial charge >= 0.3 is 6.18 Å². The van der Waals surface area contributed by atoms with Crippen molar-refractivity contribution >= 4 is 5.69 Å². The van der Waals surface area contributed by atoms with Crippen LogP contribution in [0.4, 0.5) is 18.9 Å². The third-order valence-electron chi connectivity index (χ3n) is 10.7. The first-order valence-corrected chi connectivity index (χ1v) is 19.6. The molecule has 0 bridgehead atoms. The van der Waals surface area contributed by atoms with Crippen LogP contribution in [0.15, 0.2) is 188 Å². The van der Waals surface area contributed by atoms with Crippen LogP contribution in [0.25, 0.3) is 94.1 Å². The van der Waals surface area contributed by atoms with E-state index >= 15 is 0 Å². The second-order valence-electron chi connectivity index (χ2n) is 14.7. The molecule has 0 unspecified atom stereocenters. The quantitative estimate of drug-likeness (QED) is 0.142. The van der Waals surface area contributed by atoms with Gasteiger partial charge in [-0.05, 0) is 96.7 Å². The van der Waals surface area contributed by atoms with Crippen LogP contribution in [0, 0.1) is 25.6 Å². The fraction of sp³-hybridized carbons (Fsp3) is 0.0364. The maximum absolute atomic E-state index is 13.5. The van der Waals surface area contributed by atoms with E-state index in [1.165, 1.54) is 6.07 Å². The van der Waals surface area contributed by atoms with Crippen LogP contribution in [0.5, 0.6) is 0 Å². The molecule has 2 aromatic heterocycles. The van der Waals surface area contributed by atoms with Gasteiger partial charge in [-0.2, -0.15) is 13.2 Å². The number of alkyl halides is 3. The molecule has 62 heavy (non-hydrogen) atoms. The maximum Gasteiger partial charge on any atom is 0.373 e. The SMILES string of the molecule is [C-]#[N+]c1cc(-c2ccc(-c3ccccc3-c3cc(C)cc(-c4ccccc4-c4cnc(-c5[c-]cccc5)cc4-c4ccc(-c5ccccc5)cc4)c3)cn2)[c-]cc1C(F)(F)F.[Ir]. The van der Waals surface area contributed by atoms with E-state index < -0.39 is 17.4 Å². The molecule has 0 fully saturated rings. The van der Waals surface area contributed by atoms with E-state index in [2.05, 4.69) is 132 Å². The number of rotatable bonds is 8. The Morgan fingerprint density at radius 1 is 0.484 bits per heavy atom. The third-order valence-corrected chi connectivity index (χ3v) is 10.7. The van der Waals surface area contributed by atoms with Crippen molar-refractivity contribution in [3.05, 3.63) is 223 Å². The monoisotopic (exact) mass is 986 g/mol. The van der Waals surface area contributed by atoms with Crippen LogP contribution in [0.3, 0.4) is 0 Å². The van der Waals surface area contributed by atoms with Crippen LogP contribution in [0.2, 0.25) is 0 Å². The predicted octanol–water partition coefficient (Wildman–Crippen LogP) is 15.3. The van der Waals surface area contributed by atoms with Gasteiger partial charge in [-0.15, -0.1) is 59.7 Å². The van der Waals surface area contributed by atoms with E-state index in [-0.39, 0.29) is 20.1 Å². The average molecular weight is 986 g/mol. The van der Waals surface area contributed by atoms with Crippen molar-refractivity contribution in [1.82, 2.24) is 9.97 Å². The van der Waals surface area contributed by atoms with Crippen LogP contribution in [0.1, 0.15) is 11.1 Å². The molecular weight excluding hydrogens is 952 g/mol. The molecule has 7 heteroatoms. The normalized spacial score (nSPS) is 11.1. The van der Waals surface area contributed by atoms with Gasteiger partial charge in [0.05, 0.1) is 6.57 Å². The topological polar surface area (TPSA) is 30.1 Å². The van der Waals surface area contributed by atoms with Crippen LogP contribution >= 0.6 is 0 Å². The van der Waals surface area contributed by atoms with Crippen LogP contribution < -0.4 is 0 Å². The van der Waals surface area contributed by atoms with Crippen molar-refractivity contribution < 1.29 is 33.3 Å². The first-order valence-electron chi connectivity index (χ1n) is 19.6. The minimum Gasteiger partial charge on any atom is -0.304 e. The van der Waals surface area contributed by atoms with Gasteiger partial charge in [0.1, 0.15) is 5.69 Å². The Bertz CT molecular complexity index is 3070. The summed E-state index contributed by atoms with van der Waals surface area (Å²) in [6.07, 6.45) is -0.958.